The average Bonchev–Trinajstić information content (AvgIpc) is 3.54. The number of rotatable bonds is 11. The molecule has 9 heteroatoms. The molecule has 2 heterocycles. The lowest BCUT2D eigenvalue weighted by atomic mass is 10.1. The predicted octanol–water partition coefficient (Wildman–Crippen LogP) is 5.74. The lowest BCUT2D eigenvalue weighted by Crippen LogP contribution is -2.26. The Morgan fingerprint density at radius 1 is 1.08 bits per heavy atom. The third kappa shape index (κ3) is 7.09. The summed E-state index contributed by atoms with van der Waals surface area (Å²) in [7, 11) is 0. The fraction of sp³-hybridized carbons (Fsp3) is 0.433. The summed E-state index contributed by atoms with van der Waals surface area (Å²) in [6.07, 6.45) is 4.03. The molecule has 2 atom stereocenters. The highest BCUT2D eigenvalue weighted by Gasteiger charge is 2.25. The summed E-state index contributed by atoms with van der Waals surface area (Å²) in [5.74, 6) is 2.18. The molecule has 0 radical (unpaired) electrons. The van der Waals surface area contributed by atoms with Crippen molar-refractivity contribution >= 4 is 34.0 Å². The fourth-order valence-corrected chi connectivity index (χ4v) is 5.44. The van der Waals surface area contributed by atoms with E-state index in [9.17, 15) is 9.59 Å². The summed E-state index contributed by atoms with van der Waals surface area (Å²) in [6, 6.07) is 16.1. The van der Waals surface area contributed by atoms with Crippen molar-refractivity contribution in [2.24, 2.45) is 5.92 Å². The number of hydrogen-bond donors (Lipinski definition) is 2. The number of aryl methyl sites for hydroxylation is 1. The van der Waals surface area contributed by atoms with Crippen molar-refractivity contribution in [3.63, 3.8) is 0 Å². The zero-order valence-electron chi connectivity index (χ0n) is 22.7. The number of thiazole rings is 1. The van der Waals surface area contributed by atoms with Gasteiger partial charge in [0.25, 0.3) is 5.91 Å². The predicted molar refractivity (Wildman–Crippen MR) is 154 cm³/mol. The van der Waals surface area contributed by atoms with Crippen LogP contribution in [0.15, 0.2) is 48.5 Å². The molecular weight excluding hydrogens is 512 g/mol. The minimum absolute atomic E-state index is 0.121. The van der Waals surface area contributed by atoms with Gasteiger partial charge in [0.15, 0.2) is 5.13 Å². The summed E-state index contributed by atoms with van der Waals surface area (Å²) in [5.41, 5.74) is 2.77. The molecule has 0 spiro atoms. The number of ether oxygens (including phenoxy) is 2. The molecule has 2 fully saturated rings. The second kappa shape index (κ2) is 12.1. The first kappa shape index (κ1) is 27.0. The van der Waals surface area contributed by atoms with Crippen LogP contribution in [-0.2, 0) is 4.79 Å². The van der Waals surface area contributed by atoms with Gasteiger partial charge in [-0.2, -0.15) is 0 Å². The zero-order valence-corrected chi connectivity index (χ0v) is 23.6. The number of aromatic nitrogens is 1. The summed E-state index contributed by atoms with van der Waals surface area (Å²) >= 11 is 1.19. The highest BCUT2D eigenvalue weighted by Crippen LogP contribution is 2.31. The number of nitrogens with zero attached hydrogens (tertiary/aromatic N) is 2. The Labute approximate surface area is 233 Å². The van der Waals surface area contributed by atoms with Crippen molar-refractivity contribution in [3.05, 3.63) is 64.7 Å². The van der Waals surface area contributed by atoms with E-state index < -0.39 is 0 Å². The van der Waals surface area contributed by atoms with Gasteiger partial charge in [-0.25, -0.2) is 4.98 Å². The Bertz CT molecular complexity index is 1290. The normalized spacial score (nSPS) is 17.5. The van der Waals surface area contributed by atoms with Gasteiger partial charge >= 0.3 is 0 Å². The van der Waals surface area contributed by atoms with E-state index in [-0.39, 0.29) is 24.0 Å². The van der Waals surface area contributed by atoms with Crippen LogP contribution in [0.4, 0.5) is 10.8 Å². The molecule has 2 aliphatic rings. The monoisotopic (exact) mass is 548 g/mol. The van der Waals surface area contributed by atoms with Gasteiger partial charge in [-0.1, -0.05) is 30.4 Å². The Balaban J connectivity index is 1.10. The van der Waals surface area contributed by atoms with E-state index in [4.69, 9.17) is 9.47 Å². The molecule has 1 unspecified atom stereocenters. The molecule has 2 N–H and O–H groups in total. The molecule has 206 valence electrons. The topological polar surface area (TPSA) is 92.8 Å². The molecule has 1 aromatic heterocycles. The highest BCUT2D eigenvalue weighted by atomic mass is 32.1. The summed E-state index contributed by atoms with van der Waals surface area (Å²) in [6.45, 7) is 8.11. The molecule has 1 saturated heterocycles. The minimum atomic E-state index is -0.205. The maximum Gasteiger partial charge on any atom is 0.263 e. The second-order valence-electron chi connectivity index (χ2n) is 10.3. The smallest absolute Gasteiger partial charge is 0.263 e. The standard InChI is InChI=1S/C30H36N4O4S/c1-4-27(35)33-30-32-20(3)28(39-30)29(36)31-19(2)22-7-11-25(12-8-22)38-26-15-16-34(17-26)23-9-13-24(14-10-23)37-18-21-5-6-21/h7-14,19,21,26H,4-6,15-18H2,1-3H3,(H,31,36)(H,32,33,35)/t19-,26?/m0/s1. The number of carbonyl (C=O) groups excluding carboxylic acids is 2. The van der Waals surface area contributed by atoms with Crippen LogP contribution in [0.3, 0.4) is 0 Å². The van der Waals surface area contributed by atoms with Gasteiger partial charge in [-0.05, 0) is 74.6 Å². The molecule has 1 aliphatic carbocycles. The second-order valence-corrected chi connectivity index (χ2v) is 11.3. The third-order valence-electron chi connectivity index (χ3n) is 7.13. The molecule has 2 aromatic carbocycles. The number of hydrogen-bond acceptors (Lipinski definition) is 7. The number of anilines is 2. The van der Waals surface area contributed by atoms with Crippen LogP contribution in [0.25, 0.3) is 0 Å². The molecule has 1 saturated carbocycles. The van der Waals surface area contributed by atoms with Crippen molar-refractivity contribution < 1.29 is 19.1 Å². The van der Waals surface area contributed by atoms with Gasteiger partial charge in [-0.3, -0.25) is 9.59 Å². The summed E-state index contributed by atoms with van der Waals surface area (Å²) in [4.78, 5) is 31.6. The van der Waals surface area contributed by atoms with Crippen LogP contribution >= 0.6 is 11.3 Å². The van der Waals surface area contributed by atoms with E-state index in [1.165, 1.54) is 29.9 Å². The van der Waals surface area contributed by atoms with E-state index >= 15 is 0 Å². The van der Waals surface area contributed by atoms with Gasteiger partial charge in [-0.15, -0.1) is 0 Å². The summed E-state index contributed by atoms with van der Waals surface area (Å²) < 4.78 is 12.1. The largest absolute Gasteiger partial charge is 0.493 e. The molecule has 5 rings (SSSR count). The van der Waals surface area contributed by atoms with E-state index in [1.807, 2.05) is 31.2 Å². The van der Waals surface area contributed by atoms with Crippen LogP contribution in [0, 0.1) is 12.8 Å². The van der Waals surface area contributed by atoms with Crippen molar-refractivity contribution in [2.75, 3.05) is 29.9 Å². The molecule has 8 nitrogen and oxygen atoms in total. The van der Waals surface area contributed by atoms with Crippen molar-refractivity contribution in [2.45, 2.75) is 58.6 Å². The zero-order chi connectivity index (χ0) is 27.4. The third-order valence-corrected chi connectivity index (χ3v) is 8.20. The SMILES string of the molecule is CCC(=O)Nc1nc(C)c(C(=O)N[C@@H](C)c2ccc(OC3CCN(c4ccc(OCC5CC5)cc4)C3)cc2)s1. The first-order valence-electron chi connectivity index (χ1n) is 13.7. The van der Waals surface area contributed by atoms with Crippen molar-refractivity contribution in [3.8, 4) is 11.5 Å². The molecule has 1 aliphatic heterocycles. The Hall–Kier alpha value is -3.59. The van der Waals surface area contributed by atoms with Crippen LogP contribution in [0.2, 0.25) is 0 Å². The number of amides is 2. The lowest BCUT2D eigenvalue weighted by Gasteiger charge is -2.20. The summed E-state index contributed by atoms with van der Waals surface area (Å²) in [5, 5.41) is 6.20. The maximum atomic E-state index is 12.9. The van der Waals surface area contributed by atoms with Gasteiger partial charge < -0.3 is 25.0 Å². The molecule has 3 aromatic rings. The molecule has 2 amide bonds. The molecule has 39 heavy (non-hydrogen) atoms. The Kier molecular flexibility index (Phi) is 8.35. The Morgan fingerprint density at radius 2 is 1.79 bits per heavy atom. The van der Waals surface area contributed by atoms with Crippen LogP contribution in [0.5, 0.6) is 11.5 Å². The molecule has 0 bridgehead atoms. The van der Waals surface area contributed by atoms with Gasteiger partial charge in [0.1, 0.15) is 22.5 Å². The van der Waals surface area contributed by atoms with Gasteiger partial charge in [0, 0.05) is 25.1 Å². The van der Waals surface area contributed by atoms with Crippen molar-refractivity contribution in [1.82, 2.24) is 10.3 Å². The van der Waals surface area contributed by atoms with Gasteiger partial charge in [0.05, 0.1) is 24.9 Å². The van der Waals surface area contributed by atoms with E-state index in [0.29, 0.717) is 22.1 Å². The lowest BCUT2D eigenvalue weighted by molar-refractivity contribution is -0.115. The van der Waals surface area contributed by atoms with E-state index in [1.54, 1.807) is 13.8 Å². The minimum Gasteiger partial charge on any atom is -0.493 e. The van der Waals surface area contributed by atoms with E-state index in [0.717, 1.165) is 49.1 Å². The average molecular weight is 549 g/mol. The van der Waals surface area contributed by atoms with Crippen LogP contribution in [-0.4, -0.2) is 42.6 Å². The maximum absolute atomic E-state index is 12.9. The first-order valence-corrected chi connectivity index (χ1v) is 14.5. The number of carbonyl (C=O) groups is 2. The van der Waals surface area contributed by atoms with E-state index in [2.05, 4.69) is 44.8 Å². The molecular formula is C30H36N4O4S. The van der Waals surface area contributed by atoms with Crippen LogP contribution in [0.1, 0.15) is 66.5 Å². The fourth-order valence-electron chi connectivity index (χ4n) is 4.55. The quantitative estimate of drug-likeness (QED) is 0.318. The van der Waals surface area contributed by atoms with Gasteiger partial charge in [0.2, 0.25) is 5.91 Å². The number of benzene rings is 2. The first-order chi connectivity index (χ1) is 18.9. The van der Waals surface area contributed by atoms with Crippen molar-refractivity contribution in [1.29, 1.82) is 0 Å². The number of nitrogens with one attached hydrogen (secondary N) is 2. The highest BCUT2D eigenvalue weighted by molar-refractivity contribution is 7.17. The van der Waals surface area contributed by atoms with Crippen LogP contribution < -0.4 is 25.0 Å². The Morgan fingerprint density at radius 3 is 2.49 bits per heavy atom.